The quantitative estimate of drug-likeness (QED) is 0.409. The van der Waals surface area contributed by atoms with Crippen LogP contribution in [0.15, 0.2) is 36.4 Å². The van der Waals surface area contributed by atoms with Gasteiger partial charge in [-0.1, -0.05) is 11.6 Å². The molecule has 2 rings (SSSR count). The van der Waals surface area contributed by atoms with E-state index in [1.54, 1.807) is 19.2 Å². The number of amides is 1. The summed E-state index contributed by atoms with van der Waals surface area (Å²) in [6, 6.07) is 8.39. The van der Waals surface area contributed by atoms with Crippen LogP contribution in [-0.4, -0.2) is 37.1 Å². The number of anilines is 2. The predicted molar refractivity (Wildman–Crippen MR) is 104 cm³/mol. The van der Waals surface area contributed by atoms with Crippen molar-refractivity contribution >= 4 is 40.5 Å². The third kappa shape index (κ3) is 4.89. The molecule has 10 heteroatoms. The minimum absolute atomic E-state index is 0.0586. The summed E-state index contributed by atoms with van der Waals surface area (Å²) in [7, 11) is 2.99. The van der Waals surface area contributed by atoms with Crippen LogP contribution >= 0.6 is 11.6 Å². The zero-order valence-electron chi connectivity index (χ0n) is 15.3. The Morgan fingerprint density at radius 2 is 1.89 bits per heavy atom. The van der Waals surface area contributed by atoms with Crippen LogP contribution in [0.1, 0.15) is 17.3 Å². The molecule has 0 radical (unpaired) electrons. The molecule has 148 valence electrons. The number of carbonyl (C=O) groups excluding carboxylic acids is 2. The van der Waals surface area contributed by atoms with Crippen molar-refractivity contribution in [1.82, 2.24) is 0 Å². The van der Waals surface area contributed by atoms with Crippen LogP contribution in [0.3, 0.4) is 0 Å². The summed E-state index contributed by atoms with van der Waals surface area (Å²) in [4.78, 5) is 35.1. The second-order valence-corrected chi connectivity index (χ2v) is 6.05. The minimum atomic E-state index is -1.18. The second-order valence-electron chi connectivity index (χ2n) is 5.62. The van der Waals surface area contributed by atoms with Crippen LogP contribution in [-0.2, 0) is 9.53 Å². The zero-order chi connectivity index (χ0) is 20.8. The summed E-state index contributed by atoms with van der Waals surface area (Å²) >= 11 is 5.92. The summed E-state index contributed by atoms with van der Waals surface area (Å²) in [5, 5.41) is 16.6. The SMILES string of the molecule is CNc1ccc([N+](=O)[O-])cc1C(=O)O[C@H](C)C(=O)Nc1cc(Cl)ccc1OC. The molecule has 0 aliphatic rings. The van der Waals surface area contributed by atoms with Gasteiger partial charge < -0.3 is 20.1 Å². The summed E-state index contributed by atoms with van der Waals surface area (Å²) < 4.78 is 10.3. The summed E-state index contributed by atoms with van der Waals surface area (Å²) in [6.45, 7) is 1.38. The van der Waals surface area contributed by atoms with Gasteiger partial charge in [0.05, 0.1) is 23.3 Å². The number of non-ortho nitro benzene ring substituents is 1. The normalized spacial score (nSPS) is 11.3. The van der Waals surface area contributed by atoms with Crippen molar-refractivity contribution in [3.05, 3.63) is 57.1 Å². The average molecular weight is 408 g/mol. The van der Waals surface area contributed by atoms with E-state index in [0.717, 1.165) is 6.07 Å². The number of methoxy groups -OCH3 is 1. The number of hydrogen-bond donors (Lipinski definition) is 2. The predicted octanol–water partition coefficient (Wildman–Crippen LogP) is 3.48. The van der Waals surface area contributed by atoms with Gasteiger partial charge in [-0.05, 0) is 31.2 Å². The third-order valence-corrected chi connectivity index (χ3v) is 4.01. The van der Waals surface area contributed by atoms with Crippen LogP contribution in [0.5, 0.6) is 5.75 Å². The lowest BCUT2D eigenvalue weighted by molar-refractivity contribution is -0.384. The molecule has 1 amide bonds. The number of carbonyl (C=O) groups is 2. The molecule has 0 heterocycles. The van der Waals surface area contributed by atoms with Gasteiger partial charge in [0.15, 0.2) is 6.10 Å². The number of hydrogen-bond acceptors (Lipinski definition) is 7. The lowest BCUT2D eigenvalue weighted by Gasteiger charge is -2.16. The minimum Gasteiger partial charge on any atom is -0.495 e. The van der Waals surface area contributed by atoms with Crippen LogP contribution in [0.4, 0.5) is 17.1 Å². The molecule has 0 fully saturated rings. The maximum Gasteiger partial charge on any atom is 0.341 e. The molecule has 0 spiro atoms. The number of benzene rings is 2. The van der Waals surface area contributed by atoms with Crippen molar-refractivity contribution in [2.24, 2.45) is 0 Å². The lowest BCUT2D eigenvalue weighted by atomic mass is 10.1. The van der Waals surface area contributed by atoms with Gasteiger partial charge in [0.1, 0.15) is 5.75 Å². The Balaban J connectivity index is 2.16. The van der Waals surface area contributed by atoms with E-state index in [0.29, 0.717) is 22.1 Å². The van der Waals surface area contributed by atoms with Crippen molar-refractivity contribution in [1.29, 1.82) is 0 Å². The smallest absolute Gasteiger partial charge is 0.341 e. The van der Waals surface area contributed by atoms with E-state index in [1.807, 2.05) is 0 Å². The molecule has 0 aliphatic heterocycles. The van der Waals surface area contributed by atoms with E-state index in [9.17, 15) is 19.7 Å². The Morgan fingerprint density at radius 3 is 2.50 bits per heavy atom. The number of halogens is 1. The Bertz CT molecular complexity index is 918. The molecular weight excluding hydrogens is 390 g/mol. The third-order valence-electron chi connectivity index (χ3n) is 3.78. The van der Waals surface area contributed by atoms with E-state index < -0.39 is 22.9 Å². The van der Waals surface area contributed by atoms with Crippen molar-refractivity contribution < 1.29 is 24.0 Å². The lowest BCUT2D eigenvalue weighted by Crippen LogP contribution is -2.30. The fourth-order valence-electron chi connectivity index (χ4n) is 2.32. The first-order valence-corrected chi connectivity index (χ1v) is 8.46. The fraction of sp³-hybridized carbons (Fsp3) is 0.222. The summed E-state index contributed by atoms with van der Waals surface area (Å²) in [6.07, 6.45) is -1.18. The van der Waals surface area contributed by atoms with E-state index in [4.69, 9.17) is 21.1 Å². The van der Waals surface area contributed by atoms with Crippen LogP contribution in [0.2, 0.25) is 5.02 Å². The topological polar surface area (TPSA) is 120 Å². The molecule has 2 aromatic carbocycles. The van der Waals surface area contributed by atoms with E-state index in [1.165, 1.54) is 32.2 Å². The first-order valence-electron chi connectivity index (χ1n) is 8.08. The number of esters is 1. The summed E-state index contributed by atoms with van der Waals surface area (Å²) in [5.74, 6) is -1.12. The second kappa shape index (κ2) is 9.05. The molecular formula is C18H18ClN3O6. The molecule has 0 bridgehead atoms. The van der Waals surface area contributed by atoms with E-state index in [-0.39, 0.29) is 11.3 Å². The highest BCUT2D eigenvalue weighted by atomic mass is 35.5. The maximum atomic E-state index is 12.4. The van der Waals surface area contributed by atoms with Gasteiger partial charge in [-0.15, -0.1) is 0 Å². The van der Waals surface area contributed by atoms with Crippen LogP contribution in [0.25, 0.3) is 0 Å². The first-order chi connectivity index (χ1) is 13.3. The molecule has 0 saturated carbocycles. The number of nitrogens with zero attached hydrogens (tertiary/aromatic N) is 1. The van der Waals surface area contributed by atoms with Crippen LogP contribution in [0, 0.1) is 10.1 Å². The van der Waals surface area contributed by atoms with Gasteiger partial charge in [-0.25, -0.2) is 4.79 Å². The largest absolute Gasteiger partial charge is 0.495 e. The Hall–Kier alpha value is -3.33. The molecule has 2 N–H and O–H groups in total. The van der Waals surface area contributed by atoms with Crippen molar-refractivity contribution in [2.45, 2.75) is 13.0 Å². The highest BCUT2D eigenvalue weighted by Crippen LogP contribution is 2.28. The maximum absolute atomic E-state index is 12.4. The van der Waals surface area contributed by atoms with E-state index >= 15 is 0 Å². The van der Waals surface area contributed by atoms with Crippen molar-refractivity contribution in [2.75, 3.05) is 24.8 Å². The Labute approximate surface area is 165 Å². The standard InChI is InChI=1S/C18H18ClN3O6/c1-10(17(23)21-15-8-11(19)4-7-16(15)27-3)28-18(24)13-9-12(22(25)26)5-6-14(13)20-2/h4-10,20H,1-3H3,(H,21,23)/t10-/m1/s1. The van der Waals surface area contributed by atoms with Gasteiger partial charge in [0, 0.05) is 29.9 Å². The van der Waals surface area contributed by atoms with Crippen molar-refractivity contribution in [3.8, 4) is 5.75 Å². The number of ether oxygens (including phenoxy) is 2. The fourth-order valence-corrected chi connectivity index (χ4v) is 2.49. The monoisotopic (exact) mass is 407 g/mol. The zero-order valence-corrected chi connectivity index (χ0v) is 16.1. The van der Waals surface area contributed by atoms with Gasteiger partial charge in [0.25, 0.3) is 11.6 Å². The van der Waals surface area contributed by atoms with Crippen molar-refractivity contribution in [3.63, 3.8) is 0 Å². The van der Waals surface area contributed by atoms with E-state index in [2.05, 4.69) is 10.6 Å². The molecule has 0 saturated heterocycles. The molecule has 28 heavy (non-hydrogen) atoms. The first kappa shape index (κ1) is 21.0. The molecule has 9 nitrogen and oxygen atoms in total. The number of rotatable bonds is 7. The molecule has 0 aromatic heterocycles. The van der Waals surface area contributed by atoms with Gasteiger partial charge in [-0.3, -0.25) is 14.9 Å². The van der Waals surface area contributed by atoms with Crippen LogP contribution < -0.4 is 15.4 Å². The molecule has 0 unspecified atom stereocenters. The van der Waals surface area contributed by atoms with Gasteiger partial charge >= 0.3 is 5.97 Å². The molecule has 2 aromatic rings. The summed E-state index contributed by atoms with van der Waals surface area (Å²) in [5.41, 5.74) is 0.317. The molecule has 1 atom stereocenters. The highest BCUT2D eigenvalue weighted by molar-refractivity contribution is 6.31. The number of nitrogens with one attached hydrogen (secondary N) is 2. The Morgan fingerprint density at radius 1 is 1.18 bits per heavy atom. The highest BCUT2D eigenvalue weighted by Gasteiger charge is 2.23. The number of nitro benzene ring substituents is 1. The number of nitro groups is 1. The van der Waals surface area contributed by atoms with Gasteiger partial charge in [0.2, 0.25) is 0 Å². The van der Waals surface area contributed by atoms with Gasteiger partial charge in [-0.2, -0.15) is 0 Å². The molecule has 0 aliphatic carbocycles. The average Bonchev–Trinajstić information content (AvgIpc) is 2.67. The Kier molecular flexibility index (Phi) is 6.78.